The zero-order valence-corrected chi connectivity index (χ0v) is 11.3. The molecule has 0 bridgehead atoms. The van der Waals surface area contributed by atoms with Crippen molar-refractivity contribution < 1.29 is 5.11 Å². The molecule has 0 unspecified atom stereocenters. The summed E-state index contributed by atoms with van der Waals surface area (Å²) in [4.78, 5) is 0. The largest absolute Gasteiger partial charge is 0.385 e. The third-order valence-electron chi connectivity index (χ3n) is 4.83. The number of benzene rings is 1. The molecule has 0 atom stereocenters. The van der Waals surface area contributed by atoms with Crippen LogP contribution in [0, 0.1) is 0 Å². The van der Waals surface area contributed by atoms with Crippen LogP contribution in [0.4, 0.5) is 0 Å². The Hall–Kier alpha value is -0.820. The van der Waals surface area contributed by atoms with Crippen molar-refractivity contribution in [2.45, 2.75) is 69.8 Å². The highest BCUT2D eigenvalue weighted by Crippen LogP contribution is 2.39. The van der Waals surface area contributed by atoms with Gasteiger partial charge >= 0.3 is 0 Å². The van der Waals surface area contributed by atoms with Crippen molar-refractivity contribution >= 4 is 0 Å². The molecule has 18 heavy (non-hydrogen) atoms. The molecule has 0 aromatic heterocycles. The van der Waals surface area contributed by atoms with Gasteiger partial charge in [0.25, 0.3) is 0 Å². The molecule has 98 valence electrons. The Kier molecular flexibility index (Phi) is 3.43. The van der Waals surface area contributed by atoms with Gasteiger partial charge in [-0.2, -0.15) is 0 Å². The molecule has 1 saturated carbocycles. The molecule has 1 N–H and O–H groups in total. The van der Waals surface area contributed by atoms with Crippen LogP contribution in [-0.2, 0) is 18.4 Å². The van der Waals surface area contributed by atoms with Gasteiger partial charge in [0.05, 0.1) is 5.60 Å². The molecule has 1 aromatic rings. The highest BCUT2D eigenvalue weighted by molar-refractivity contribution is 5.40. The van der Waals surface area contributed by atoms with Gasteiger partial charge in [-0.3, -0.25) is 0 Å². The zero-order valence-electron chi connectivity index (χ0n) is 11.3. The summed E-state index contributed by atoms with van der Waals surface area (Å²) in [6, 6.07) is 6.61. The van der Waals surface area contributed by atoms with Crippen molar-refractivity contribution in [2.24, 2.45) is 0 Å². The lowest BCUT2D eigenvalue weighted by Crippen LogP contribution is -2.27. The summed E-state index contributed by atoms with van der Waals surface area (Å²) in [6.45, 7) is 0. The second kappa shape index (κ2) is 5.05. The average Bonchev–Trinajstić information content (AvgIpc) is 2.64. The van der Waals surface area contributed by atoms with Crippen molar-refractivity contribution in [1.82, 2.24) is 0 Å². The van der Waals surface area contributed by atoms with Gasteiger partial charge in [-0.15, -0.1) is 0 Å². The second-order valence-electron chi connectivity index (χ2n) is 6.10. The minimum absolute atomic E-state index is 0.529. The standard InChI is InChI=1S/C17H24O/c18-17(12-5-1-2-6-13-17)16-11-7-9-14-8-3-4-10-15(14)16/h7,9,11,18H,1-6,8,10,12-13H2. The highest BCUT2D eigenvalue weighted by Gasteiger charge is 2.32. The summed E-state index contributed by atoms with van der Waals surface area (Å²) in [7, 11) is 0. The minimum Gasteiger partial charge on any atom is -0.385 e. The van der Waals surface area contributed by atoms with E-state index in [1.165, 1.54) is 68.1 Å². The Labute approximate surface area is 110 Å². The first kappa shape index (κ1) is 12.2. The molecule has 0 spiro atoms. The number of hydrogen-bond donors (Lipinski definition) is 1. The number of fused-ring (bicyclic) bond motifs is 1. The maximum Gasteiger partial charge on any atom is 0.0899 e. The van der Waals surface area contributed by atoms with Gasteiger partial charge in [0.2, 0.25) is 0 Å². The van der Waals surface area contributed by atoms with Gasteiger partial charge in [-0.25, -0.2) is 0 Å². The first-order valence-electron chi connectivity index (χ1n) is 7.63. The third kappa shape index (κ3) is 2.21. The Balaban J connectivity index is 1.99. The Morgan fingerprint density at radius 3 is 2.33 bits per heavy atom. The van der Waals surface area contributed by atoms with Gasteiger partial charge in [0.15, 0.2) is 0 Å². The Morgan fingerprint density at radius 1 is 0.833 bits per heavy atom. The van der Waals surface area contributed by atoms with Crippen LogP contribution in [0.3, 0.4) is 0 Å². The fourth-order valence-corrected chi connectivity index (χ4v) is 3.80. The number of aliphatic hydroxyl groups is 1. The molecular weight excluding hydrogens is 220 g/mol. The first-order valence-corrected chi connectivity index (χ1v) is 7.63. The van der Waals surface area contributed by atoms with Gasteiger partial charge in [0, 0.05) is 0 Å². The van der Waals surface area contributed by atoms with E-state index in [1.807, 2.05) is 0 Å². The van der Waals surface area contributed by atoms with Crippen LogP contribution in [0.1, 0.15) is 68.1 Å². The molecule has 0 heterocycles. The smallest absolute Gasteiger partial charge is 0.0899 e. The SMILES string of the molecule is OC1(c2cccc3c2CCCC3)CCCCCC1. The minimum atomic E-state index is -0.529. The maximum absolute atomic E-state index is 11.1. The van der Waals surface area contributed by atoms with Crippen LogP contribution in [0.2, 0.25) is 0 Å². The van der Waals surface area contributed by atoms with Crippen LogP contribution < -0.4 is 0 Å². The molecule has 0 amide bonds. The zero-order chi connectivity index (χ0) is 12.4. The van der Waals surface area contributed by atoms with E-state index in [4.69, 9.17) is 0 Å². The number of aryl methyl sites for hydroxylation is 1. The second-order valence-corrected chi connectivity index (χ2v) is 6.10. The van der Waals surface area contributed by atoms with E-state index in [0.717, 1.165) is 12.8 Å². The monoisotopic (exact) mass is 244 g/mol. The van der Waals surface area contributed by atoms with Crippen LogP contribution in [0.25, 0.3) is 0 Å². The van der Waals surface area contributed by atoms with E-state index in [0.29, 0.717) is 0 Å². The summed E-state index contributed by atoms with van der Waals surface area (Å²) in [5, 5.41) is 11.1. The summed E-state index contributed by atoms with van der Waals surface area (Å²) < 4.78 is 0. The van der Waals surface area contributed by atoms with Gasteiger partial charge in [0.1, 0.15) is 0 Å². The maximum atomic E-state index is 11.1. The van der Waals surface area contributed by atoms with E-state index in [-0.39, 0.29) is 0 Å². The van der Waals surface area contributed by atoms with E-state index < -0.39 is 5.60 Å². The quantitative estimate of drug-likeness (QED) is 0.737. The Morgan fingerprint density at radius 2 is 1.56 bits per heavy atom. The van der Waals surface area contributed by atoms with E-state index in [9.17, 15) is 5.11 Å². The van der Waals surface area contributed by atoms with Crippen LogP contribution in [0.15, 0.2) is 18.2 Å². The molecular formula is C17H24O. The van der Waals surface area contributed by atoms with E-state index in [2.05, 4.69) is 18.2 Å². The molecule has 1 heteroatoms. The third-order valence-corrected chi connectivity index (χ3v) is 4.83. The Bertz CT molecular complexity index is 414. The molecule has 2 aliphatic rings. The molecule has 3 rings (SSSR count). The predicted octanol–water partition coefficient (Wildman–Crippen LogP) is 4.11. The fraction of sp³-hybridized carbons (Fsp3) is 0.647. The van der Waals surface area contributed by atoms with Crippen molar-refractivity contribution in [2.75, 3.05) is 0 Å². The summed E-state index contributed by atoms with van der Waals surface area (Å²) in [5.41, 5.74) is 3.71. The normalized spacial score (nSPS) is 23.2. The van der Waals surface area contributed by atoms with Crippen molar-refractivity contribution in [1.29, 1.82) is 0 Å². The lowest BCUT2D eigenvalue weighted by molar-refractivity contribution is 0.0196. The average molecular weight is 244 g/mol. The molecule has 1 nitrogen and oxygen atoms in total. The highest BCUT2D eigenvalue weighted by atomic mass is 16.3. The van der Waals surface area contributed by atoms with Crippen LogP contribution in [0.5, 0.6) is 0 Å². The molecule has 0 aliphatic heterocycles. The van der Waals surface area contributed by atoms with Crippen molar-refractivity contribution in [3.8, 4) is 0 Å². The van der Waals surface area contributed by atoms with Gasteiger partial charge in [-0.1, -0.05) is 43.9 Å². The molecule has 2 aliphatic carbocycles. The summed E-state index contributed by atoms with van der Waals surface area (Å²) in [6.07, 6.45) is 11.9. The summed E-state index contributed by atoms with van der Waals surface area (Å²) in [5.74, 6) is 0. The van der Waals surface area contributed by atoms with Crippen molar-refractivity contribution in [3.05, 3.63) is 34.9 Å². The molecule has 1 fully saturated rings. The van der Waals surface area contributed by atoms with E-state index >= 15 is 0 Å². The number of rotatable bonds is 1. The molecule has 1 aromatic carbocycles. The molecule has 0 saturated heterocycles. The van der Waals surface area contributed by atoms with Crippen molar-refractivity contribution in [3.63, 3.8) is 0 Å². The van der Waals surface area contributed by atoms with Crippen LogP contribution >= 0.6 is 0 Å². The van der Waals surface area contributed by atoms with Gasteiger partial charge in [-0.05, 0) is 55.2 Å². The molecule has 0 radical (unpaired) electrons. The lowest BCUT2D eigenvalue weighted by atomic mass is 9.78. The fourth-order valence-electron chi connectivity index (χ4n) is 3.80. The van der Waals surface area contributed by atoms with E-state index in [1.54, 1.807) is 0 Å². The topological polar surface area (TPSA) is 20.2 Å². The summed E-state index contributed by atoms with van der Waals surface area (Å²) >= 11 is 0. The predicted molar refractivity (Wildman–Crippen MR) is 74.7 cm³/mol. The first-order chi connectivity index (χ1) is 8.80. The van der Waals surface area contributed by atoms with Crippen LogP contribution in [-0.4, -0.2) is 5.11 Å². The number of hydrogen-bond acceptors (Lipinski definition) is 1. The van der Waals surface area contributed by atoms with Gasteiger partial charge < -0.3 is 5.11 Å². The lowest BCUT2D eigenvalue weighted by Gasteiger charge is -2.32.